The van der Waals surface area contributed by atoms with Gasteiger partial charge in [-0.3, -0.25) is 0 Å². The summed E-state index contributed by atoms with van der Waals surface area (Å²) >= 11 is 0. The molecule has 0 aliphatic carbocycles. The van der Waals surface area contributed by atoms with Gasteiger partial charge >= 0.3 is 11.9 Å². The minimum Gasteiger partial charge on any atom is -0.478 e. The second-order valence-corrected chi connectivity index (χ2v) is 8.72. The fourth-order valence-corrected chi connectivity index (χ4v) is 3.96. The highest BCUT2D eigenvalue weighted by molar-refractivity contribution is 5.89. The standard InChI is InChI=1S/C15H14N4O2.C14H12N4O2.ClH/c1-21-15(20)11-5-6-13(16-8-11)17-9-12-10-18-14-4-2-3-7-19(12)14;19-14(20)10-4-5-12(15-7-10)16-8-11-9-17-13-3-1-2-6-18(11)13;/h2-8,10H,9H2,1H3,(H,16,17);1-7,9H,8H2,(H,15,16)(H,19,20);1H. The normalized spacial score (nSPS) is 10.3. The van der Waals surface area contributed by atoms with Crippen LogP contribution < -0.4 is 10.6 Å². The van der Waals surface area contributed by atoms with Gasteiger partial charge in [0, 0.05) is 24.8 Å². The summed E-state index contributed by atoms with van der Waals surface area (Å²) in [6.07, 6.45) is 10.4. The van der Waals surface area contributed by atoms with Gasteiger partial charge in [-0.1, -0.05) is 12.1 Å². The fraction of sp³-hybridized carbons (Fsp3) is 0.103. The number of imidazole rings is 2. The smallest absolute Gasteiger partial charge is 0.339 e. The lowest BCUT2D eigenvalue weighted by atomic mass is 10.3. The van der Waals surface area contributed by atoms with E-state index in [-0.39, 0.29) is 18.0 Å². The van der Waals surface area contributed by atoms with Gasteiger partial charge in [0.2, 0.25) is 0 Å². The second kappa shape index (κ2) is 13.7. The van der Waals surface area contributed by atoms with Crippen LogP contribution in [-0.2, 0) is 17.8 Å². The first-order valence-electron chi connectivity index (χ1n) is 12.5. The highest BCUT2D eigenvalue weighted by Gasteiger charge is 2.07. The van der Waals surface area contributed by atoms with Crippen molar-refractivity contribution in [1.82, 2.24) is 28.7 Å². The van der Waals surface area contributed by atoms with E-state index in [4.69, 9.17) is 5.11 Å². The summed E-state index contributed by atoms with van der Waals surface area (Å²) in [6.45, 7) is 1.15. The molecule has 6 heterocycles. The first kappa shape index (κ1) is 29.5. The van der Waals surface area contributed by atoms with Crippen LogP contribution in [0.4, 0.5) is 11.6 Å². The van der Waals surface area contributed by atoms with Crippen molar-refractivity contribution in [3.8, 4) is 0 Å². The van der Waals surface area contributed by atoms with Crippen LogP contribution in [0.25, 0.3) is 11.3 Å². The lowest BCUT2D eigenvalue weighted by molar-refractivity contribution is 0.0599. The molecule has 214 valence electrons. The van der Waals surface area contributed by atoms with E-state index in [0.29, 0.717) is 30.3 Å². The molecule has 6 rings (SSSR count). The Morgan fingerprint density at radius 3 is 1.64 bits per heavy atom. The predicted molar refractivity (Wildman–Crippen MR) is 159 cm³/mol. The Morgan fingerprint density at radius 2 is 1.21 bits per heavy atom. The molecule has 0 aliphatic heterocycles. The maximum absolute atomic E-state index is 11.3. The quantitative estimate of drug-likeness (QED) is 0.216. The summed E-state index contributed by atoms with van der Waals surface area (Å²) in [4.78, 5) is 38.9. The number of halogens is 1. The van der Waals surface area contributed by atoms with E-state index in [0.717, 1.165) is 22.7 Å². The van der Waals surface area contributed by atoms with Gasteiger partial charge in [-0.2, -0.15) is 0 Å². The lowest BCUT2D eigenvalue weighted by Crippen LogP contribution is -2.06. The number of hydrogen-bond donors (Lipinski definition) is 3. The van der Waals surface area contributed by atoms with Crippen molar-refractivity contribution in [3.05, 3.63) is 120 Å². The number of carbonyl (C=O) groups is 2. The predicted octanol–water partition coefficient (Wildman–Crippen LogP) is 4.59. The van der Waals surface area contributed by atoms with Crippen LogP contribution in [0.5, 0.6) is 0 Å². The minimum absolute atomic E-state index is 0. The molecule has 3 N–H and O–H groups in total. The van der Waals surface area contributed by atoms with E-state index in [9.17, 15) is 9.59 Å². The van der Waals surface area contributed by atoms with Crippen molar-refractivity contribution in [2.45, 2.75) is 13.1 Å². The zero-order valence-corrected chi connectivity index (χ0v) is 23.2. The van der Waals surface area contributed by atoms with Crippen LogP contribution in [0.3, 0.4) is 0 Å². The molecule has 0 radical (unpaired) electrons. The molecule has 0 saturated heterocycles. The summed E-state index contributed by atoms with van der Waals surface area (Å²) in [7, 11) is 1.35. The van der Waals surface area contributed by atoms with Gasteiger partial charge in [0.1, 0.15) is 22.9 Å². The Bertz CT molecular complexity index is 1790. The van der Waals surface area contributed by atoms with E-state index in [1.165, 1.54) is 25.6 Å². The van der Waals surface area contributed by atoms with Gasteiger partial charge in [0.05, 0.1) is 55.1 Å². The molecule has 0 spiro atoms. The first-order valence-corrected chi connectivity index (χ1v) is 12.5. The second-order valence-electron chi connectivity index (χ2n) is 8.72. The van der Waals surface area contributed by atoms with Crippen LogP contribution in [0.2, 0.25) is 0 Å². The molecule has 0 bridgehead atoms. The molecule has 0 aromatic carbocycles. The number of carbonyl (C=O) groups excluding carboxylic acids is 1. The van der Waals surface area contributed by atoms with Crippen LogP contribution in [0.15, 0.2) is 97.8 Å². The Morgan fingerprint density at radius 1 is 0.714 bits per heavy atom. The Labute approximate surface area is 246 Å². The number of nitrogens with zero attached hydrogens (tertiary/aromatic N) is 6. The lowest BCUT2D eigenvalue weighted by Gasteiger charge is -2.06. The van der Waals surface area contributed by atoms with Crippen molar-refractivity contribution >= 4 is 47.3 Å². The molecule has 42 heavy (non-hydrogen) atoms. The summed E-state index contributed by atoms with van der Waals surface area (Å²) in [5.41, 5.74) is 4.43. The number of hydrogen-bond acceptors (Lipinski definition) is 9. The Balaban J connectivity index is 0.000000189. The number of rotatable bonds is 8. The Kier molecular flexibility index (Phi) is 9.64. The molecule has 0 fully saturated rings. The van der Waals surface area contributed by atoms with Gasteiger partial charge in [-0.15, -0.1) is 12.4 Å². The highest BCUT2D eigenvalue weighted by atomic mass is 35.5. The van der Waals surface area contributed by atoms with Crippen LogP contribution >= 0.6 is 12.4 Å². The Hall–Kier alpha value is -5.49. The number of carboxylic acid groups (broad SMARTS) is 1. The van der Waals surface area contributed by atoms with Crippen LogP contribution in [0, 0.1) is 0 Å². The maximum atomic E-state index is 11.3. The molecule has 0 aliphatic rings. The molecule has 6 aromatic heterocycles. The van der Waals surface area contributed by atoms with E-state index in [2.05, 4.69) is 35.3 Å². The molecule has 0 saturated carbocycles. The number of pyridine rings is 4. The van der Waals surface area contributed by atoms with Crippen molar-refractivity contribution in [2.75, 3.05) is 17.7 Å². The third-order valence-corrected chi connectivity index (χ3v) is 6.08. The summed E-state index contributed by atoms with van der Waals surface area (Å²) in [5, 5.41) is 15.1. The first-order chi connectivity index (χ1) is 20.0. The number of carboxylic acids is 1. The average Bonchev–Trinajstić information content (AvgIpc) is 3.63. The molecular formula is C29H27ClN8O4. The number of anilines is 2. The van der Waals surface area contributed by atoms with Crippen molar-refractivity contribution in [1.29, 1.82) is 0 Å². The number of aromatic nitrogens is 6. The third-order valence-electron chi connectivity index (χ3n) is 6.08. The van der Waals surface area contributed by atoms with Crippen LogP contribution in [-0.4, -0.2) is 52.9 Å². The van der Waals surface area contributed by atoms with Gasteiger partial charge in [0.15, 0.2) is 0 Å². The number of ether oxygens (including phenoxy) is 1. The molecule has 0 atom stereocenters. The topological polar surface area (TPSA) is 148 Å². The summed E-state index contributed by atoms with van der Waals surface area (Å²) < 4.78 is 8.63. The largest absolute Gasteiger partial charge is 0.478 e. The molecular weight excluding hydrogens is 560 g/mol. The molecule has 0 amide bonds. The van der Waals surface area contributed by atoms with Crippen molar-refractivity contribution in [2.24, 2.45) is 0 Å². The molecule has 6 aromatic rings. The highest BCUT2D eigenvalue weighted by Crippen LogP contribution is 2.12. The molecule has 13 heteroatoms. The van der Waals surface area contributed by atoms with E-state index >= 15 is 0 Å². The number of nitrogens with one attached hydrogen (secondary N) is 2. The number of esters is 1. The van der Waals surface area contributed by atoms with Crippen molar-refractivity contribution in [3.63, 3.8) is 0 Å². The van der Waals surface area contributed by atoms with Gasteiger partial charge in [-0.05, 0) is 48.5 Å². The van der Waals surface area contributed by atoms with Gasteiger partial charge < -0.3 is 29.3 Å². The van der Waals surface area contributed by atoms with Gasteiger partial charge in [-0.25, -0.2) is 29.5 Å². The molecule has 12 nitrogen and oxygen atoms in total. The van der Waals surface area contributed by atoms with E-state index in [1.54, 1.807) is 24.4 Å². The van der Waals surface area contributed by atoms with Gasteiger partial charge in [0.25, 0.3) is 0 Å². The minimum atomic E-state index is -0.981. The van der Waals surface area contributed by atoms with Crippen molar-refractivity contribution < 1.29 is 19.4 Å². The van der Waals surface area contributed by atoms with E-state index in [1.807, 2.05) is 63.8 Å². The zero-order valence-electron chi connectivity index (χ0n) is 22.4. The number of fused-ring (bicyclic) bond motifs is 2. The number of aromatic carboxylic acids is 1. The maximum Gasteiger partial charge on any atom is 0.339 e. The third kappa shape index (κ3) is 6.98. The van der Waals surface area contributed by atoms with Crippen LogP contribution in [0.1, 0.15) is 32.1 Å². The summed E-state index contributed by atoms with van der Waals surface area (Å²) in [6, 6.07) is 18.3. The zero-order chi connectivity index (χ0) is 28.6. The van der Waals surface area contributed by atoms with E-state index < -0.39 is 11.9 Å². The SMILES string of the molecule is COC(=O)c1ccc(NCc2cnc3ccccn23)nc1.Cl.O=C(O)c1ccc(NCc2cnc3ccccn23)nc1. The monoisotopic (exact) mass is 586 g/mol. The average molecular weight is 587 g/mol. The fourth-order valence-electron chi connectivity index (χ4n) is 3.96. The summed E-state index contributed by atoms with van der Waals surface area (Å²) in [5.74, 6) is -0.0592. The molecule has 0 unspecified atom stereocenters. The number of methoxy groups -OCH3 is 1.